The fourth-order valence-corrected chi connectivity index (χ4v) is 2.67. The lowest BCUT2D eigenvalue weighted by molar-refractivity contribution is -0.0979. The number of rotatable bonds is 5. The molecule has 0 aromatic heterocycles. The van der Waals surface area contributed by atoms with Crippen LogP contribution in [0.3, 0.4) is 0 Å². The Morgan fingerprint density at radius 1 is 1.50 bits per heavy atom. The van der Waals surface area contributed by atoms with Gasteiger partial charge in [-0.05, 0) is 24.6 Å². The van der Waals surface area contributed by atoms with Gasteiger partial charge in [-0.2, -0.15) is 0 Å². The number of benzene rings is 1. The zero-order chi connectivity index (χ0) is 13.1. The van der Waals surface area contributed by atoms with Gasteiger partial charge in [-0.3, -0.25) is 0 Å². The minimum absolute atomic E-state index is 0.00484. The molecule has 0 heterocycles. The first-order valence-electron chi connectivity index (χ1n) is 6.10. The Morgan fingerprint density at radius 2 is 2.28 bits per heavy atom. The van der Waals surface area contributed by atoms with E-state index in [0.717, 1.165) is 17.3 Å². The summed E-state index contributed by atoms with van der Waals surface area (Å²) in [5.41, 5.74) is 5.92. The molecule has 0 aliphatic heterocycles. The minimum atomic E-state index is -0.0235. The first kappa shape index (κ1) is 14.1. The first-order valence-corrected chi connectivity index (χ1v) is 7.27. The van der Waals surface area contributed by atoms with E-state index >= 15 is 0 Å². The van der Waals surface area contributed by atoms with Crippen molar-refractivity contribution in [3.8, 4) is 5.75 Å². The topological polar surface area (TPSA) is 44.5 Å². The molecule has 100 valence electrons. The van der Waals surface area contributed by atoms with Crippen LogP contribution < -0.4 is 10.5 Å². The summed E-state index contributed by atoms with van der Waals surface area (Å²) >= 11 is 9.48. The van der Waals surface area contributed by atoms with E-state index in [1.165, 1.54) is 0 Å². The quantitative estimate of drug-likeness (QED) is 0.898. The number of hydrogen-bond donors (Lipinski definition) is 1. The highest BCUT2D eigenvalue weighted by molar-refractivity contribution is 9.10. The average Bonchev–Trinajstić information content (AvgIpc) is 2.32. The fourth-order valence-electron chi connectivity index (χ4n) is 1.95. The molecule has 0 bridgehead atoms. The molecule has 2 rings (SSSR count). The number of halogens is 2. The first-order chi connectivity index (χ1) is 8.61. The van der Waals surface area contributed by atoms with Crippen molar-refractivity contribution in [1.82, 2.24) is 0 Å². The van der Waals surface area contributed by atoms with Gasteiger partial charge in [0.05, 0.1) is 5.02 Å². The highest BCUT2D eigenvalue weighted by atomic mass is 79.9. The Balaban J connectivity index is 1.96. The van der Waals surface area contributed by atoms with Crippen LogP contribution in [0.5, 0.6) is 5.75 Å². The molecule has 3 unspecified atom stereocenters. The summed E-state index contributed by atoms with van der Waals surface area (Å²) in [4.78, 5) is 0. The molecule has 2 N–H and O–H groups in total. The smallest absolute Gasteiger partial charge is 0.138 e. The molecule has 0 radical (unpaired) electrons. The van der Waals surface area contributed by atoms with Gasteiger partial charge >= 0.3 is 0 Å². The second-order valence-electron chi connectivity index (χ2n) is 4.47. The highest BCUT2D eigenvalue weighted by Gasteiger charge is 2.41. The standard InChI is InChI=1S/C13H17BrClNO2/c1-2-5-17-13-10(16)7-12(13)18-11-4-3-8(14)6-9(11)15/h3-4,6,10,12-13H,2,5,7,16H2,1H3. The summed E-state index contributed by atoms with van der Waals surface area (Å²) in [6.07, 6.45) is 1.77. The van der Waals surface area contributed by atoms with Crippen LogP contribution >= 0.6 is 27.5 Å². The van der Waals surface area contributed by atoms with E-state index in [9.17, 15) is 0 Å². The van der Waals surface area contributed by atoms with Crippen molar-refractivity contribution in [2.24, 2.45) is 5.73 Å². The fraction of sp³-hybridized carbons (Fsp3) is 0.538. The molecule has 1 aromatic rings. The maximum absolute atomic E-state index is 6.12. The monoisotopic (exact) mass is 333 g/mol. The Morgan fingerprint density at radius 3 is 2.89 bits per heavy atom. The van der Waals surface area contributed by atoms with Gasteiger partial charge in [0.15, 0.2) is 0 Å². The van der Waals surface area contributed by atoms with Crippen LogP contribution in [-0.2, 0) is 4.74 Å². The molecule has 18 heavy (non-hydrogen) atoms. The molecule has 3 atom stereocenters. The second-order valence-corrected chi connectivity index (χ2v) is 5.79. The number of ether oxygens (including phenoxy) is 2. The average molecular weight is 335 g/mol. The predicted octanol–water partition coefficient (Wildman–Crippen LogP) is 3.38. The SMILES string of the molecule is CCCOC1C(N)CC1Oc1ccc(Br)cc1Cl. The molecule has 0 spiro atoms. The second kappa shape index (κ2) is 6.24. The van der Waals surface area contributed by atoms with Crippen LogP contribution in [-0.4, -0.2) is 24.9 Å². The number of hydrogen-bond acceptors (Lipinski definition) is 3. The zero-order valence-corrected chi connectivity index (χ0v) is 12.6. The number of nitrogens with two attached hydrogens (primary N) is 1. The van der Waals surface area contributed by atoms with Gasteiger partial charge in [-0.1, -0.05) is 34.5 Å². The Labute approximate surface area is 121 Å². The summed E-state index contributed by atoms with van der Waals surface area (Å²) in [7, 11) is 0. The van der Waals surface area contributed by atoms with Crippen molar-refractivity contribution in [3.63, 3.8) is 0 Å². The molecule has 5 heteroatoms. The maximum Gasteiger partial charge on any atom is 0.138 e. The summed E-state index contributed by atoms with van der Waals surface area (Å²) in [6.45, 7) is 2.79. The van der Waals surface area contributed by atoms with Crippen LogP contribution in [0.1, 0.15) is 19.8 Å². The summed E-state index contributed by atoms with van der Waals surface area (Å²) in [5, 5.41) is 0.596. The van der Waals surface area contributed by atoms with Crippen LogP contribution in [0.15, 0.2) is 22.7 Å². The zero-order valence-electron chi connectivity index (χ0n) is 10.2. The molecule has 1 saturated carbocycles. The van der Waals surface area contributed by atoms with Crippen molar-refractivity contribution < 1.29 is 9.47 Å². The predicted molar refractivity (Wildman–Crippen MR) is 76.2 cm³/mol. The van der Waals surface area contributed by atoms with Gasteiger partial charge in [0.25, 0.3) is 0 Å². The lowest BCUT2D eigenvalue weighted by Gasteiger charge is -2.41. The van der Waals surface area contributed by atoms with E-state index in [0.29, 0.717) is 17.4 Å². The van der Waals surface area contributed by atoms with E-state index in [1.807, 2.05) is 18.2 Å². The normalized spacial score (nSPS) is 26.8. The largest absolute Gasteiger partial charge is 0.486 e. The molecule has 1 aliphatic rings. The highest BCUT2D eigenvalue weighted by Crippen LogP contribution is 2.33. The van der Waals surface area contributed by atoms with E-state index in [1.54, 1.807) is 0 Å². The lowest BCUT2D eigenvalue weighted by Crippen LogP contribution is -2.59. The van der Waals surface area contributed by atoms with Gasteiger partial charge in [-0.15, -0.1) is 0 Å². The van der Waals surface area contributed by atoms with Crippen LogP contribution in [0.2, 0.25) is 5.02 Å². The Hall–Kier alpha value is -0.290. The third-order valence-corrected chi connectivity index (χ3v) is 3.77. The molecule has 3 nitrogen and oxygen atoms in total. The molecule has 1 aromatic carbocycles. The van der Waals surface area contributed by atoms with Crippen LogP contribution in [0.25, 0.3) is 0 Å². The van der Waals surface area contributed by atoms with Crippen molar-refractivity contribution in [2.45, 2.75) is 38.0 Å². The van der Waals surface area contributed by atoms with Crippen molar-refractivity contribution >= 4 is 27.5 Å². The van der Waals surface area contributed by atoms with E-state index < -0.39 is 0 Å². The third kappa shape index (κ3) is 3.18. The van der Waals surface area contributed by atoms with Gasteiger partial charge < -0.3 is 15.2 Å². The van der Waals surface area contributed by atoms with Gasteiger partial charge in [0.2, 0.25) is 0 Å². The Bertz CT molecular complexity index is 416. The Kier molecular flexibility index (Phi) is 4.90. The van der Waals surface area contributed by atoms with Crippen molar-refractivity contribution in [2.75, 3.05) is 6.61 Å². The van der Waals surface area contributed by atoms with E-state index in [2.05, 4.69) is 22.9 Å². The summed E-state index contributed by atoms with van der Waals surface area (Å²) < 4.78 is 12.5. The molecular weight excluding hydrogens is 318 g/mol. The van der Waals surface area contributed by atoms with Crippen molar-refractivity contribution in [3.05, 3.63) is 27.7 Å². The summed E-state index contributed by atoms with van der Waals surface area (Å²) in [6, 6.07) is 5.64. The molecule has 1 aliphatic carbocycles. The van der Waals surface area contributed by atoms with E-state index in [4.69, 9.17) is 26.8 Å². The molecule has 0 saturated heterocycles. The third-order valence-electron chi connectivity index (χ3n) is 2.98. The maximum atomic E-state index is 6.12. The molecule has 0 amide bonds. The van der Waals surface area contributed by atoms with Gasteiger partial charge in [0, 0.05) is 23.5 Å². The molecular formula is C13H17BrClNO2. The van der Waals surface area contributed by atoms with E-state index in [-0.39, 0.29) is 18.2 Å². The summed E-state index contributed by atoms with van der Waals surface area (Å²) in [5.74, 6) is 0.682. The van der Waals surface area contributed by atoms with Crippen LogP contribution in [0, 0.1) is 0 Å². The van der Waals surface area contributed by atoms with Gasteiger partial charge in [-0.25, -0.2) is 0 Å². The minimum Gasteiger partial charge on any atom is -0.486 e. The lowest BCUT2D eigenvalue weighted by atomic mass is 9.86. The van der Waals surface area contributed by atoms with Crippen molar-refractivity contribution in [1.29, 1.82) is 0 Å². The molecule has 1 fully saturated rings. The van der Waals surface area contributed by atoms with Gasteiger partial charge in [0.1, 0.15) is 18.0 Å². The van der Waals surface area contributed by atoms with Crippen LogP contribution in [0.4, 0.5) is 0 Å².